The fourth-order valence-corrected chi connectivity index (χ4v) is 2.95. The van der Waals surface area contributed by atoms with Crippen LogP contribution in [0.15, 0.2) is 22.3 Å². The summed E-state index contributed by atoms with van der Waals surface area (Å²) in [6.45, 7) is 14.5. The number of hydrogen-bond acceptors (Lipinski definition) is 1. The summed E-state index contributed by atoms with van der Waals surface area (Å²) < 4.78 is 0. The van der Waals surface area contributed by atoms with Crippen molar-refractivity contribution in [3.05, 3.63) is 22.3 Å². The Morgan fingerprint density at radius 3 is 2.00 bits per heavy atom. The smallest absolute Gasteiger partial charge is 0.000720 e. The second-order valence-corrected chi connectivity index (χ2v) is 5.49. The van der Waals surface area contributed by atoms with Crippen molar-refractivity contribution in [2.24, 2.45) is 17.1 Å². The van der Waals surface area contributed by atoms with Gasteiger partial charge in [-0.2, -0.15) is 0 Å². The van der Waals surface area contributed by atoms with Crippen molar-refractivity contribution in [2.75, 3.05) is 6.54 Å². The van der Waals surface area contributed by atoms with E-state index < -0.39 is 0 Å². The first kappa shape index (κ1) is 12.5. The van der Waals surface area contributed by atoms with Gasteiger partial charge < -0.3 is 5.73 Å². The lowest BCUT2D eigenvalue weighted by atomic mass is 9.74. The van der Waals surface area contributed by atoms with Crippen LogP contribution in [0.25, 0.3) is 0 Å². The molecule has 0 spiro atoms. The predicted octanol–water partition coefficient (Wildman–Crippen LogP) is 3.66. The van der Waals surface area contributed by atoms with Crippen LogP contribution in [0.4, 0.5) is 0 Å². The third-order valence-corrected chi connectivity index (χ3v) is 4.14. The molecule has 1 nitrogen and oxygen atoms in total. The van der Waals surface area contributed by atoms with Gasteiger partial charge in [-0.25, -0.2) is 0 Å². The molecule has 1 rings (SSSR count). The molecule has 0 amide bonds. The fourth-order valence-electron chi connectivity index (χ4n) is 2.95. The van der Waals surface area contributed by atoms with E-state index in [4.69, 9.17) is 5.73 Å². The molecule has 0 aliphatic heterocycles. The summed E-state index contributed by atoms with van der Waals surface area (Å²) in [5.74, 6) is 0.603. The Balaban J connectivity index is 3.09. The van der Waals surface area contributed by atoms with Crippen LogP contribution in [0.1, 0.15) is 48.0 Å². The SMILES string of the molecule is CC1=C(C)C(C)C(C(C)(C)CCN)=C1C. The summed E-state index contributed by atoms with van der Waals surface area (Å²) in [7, 11) is 0. The van der Waals surface area contributed by atoms with Crippen LogP contribution in [0, 0.1) is 11.3 Å². The number of hydrogen-bond donors (Lipinski definition) is 1. The lowest BCUT2D eigenvalue weighted by Gasteiger charge is -2.31. The molecule has 1 unspecified atom stereocenters. The van der Waals surface area contributed by atoms with Crippen molar-refractivity contribution in [1.29, 1.82) is 0 Å². The van der Waals surface area contributed by atoms with Crippen LogP contribution in [0.5, 0.6) is 0 Å². The van der Waals surface area contributed by atoms with Crippen LogP contribution < -0.4 is 5.73 Å². The standard InChI is InChI=1S/C14H25N/c1-9-10(2)12(4)13(11(9)3)14(5,6)7-8-15/h11H,7-8,15H2,1-6H3. The lowest BCUT2D eigenvalue weighted by molar-refractivity contribution is 0.384. The van der Waals surface area contributed by atoms with Gasteiger partial charge in [0.2, 0.25) is 0 Å². The minimum Gasteiger partial charge on any atom is -0.330 e. The lowest BCUT2D eigenvalue weighted by Crippen LogP contribution is -2.23. The Labute approximate surface area is 94.4 Å². The summed E-state index contributed by atoms with van der Waals surface area (Å²) in [4.78, 5) is 0. The molecule has 1 heteroatoms. The Morgan fingerprint density at radius 2 is 1.67 bits per heavy atom. The third-order valence-electron chi connectivity index (χ3n) is 4.14. The molecule has 0 bridgehead atoms. The Morgan fingerprint density at radius 1 is 1.13 bits per heavy atom. The largest absolute Gasteiger partial charge is 0.330 e. The second-order valence-electron chi connectivity index (χ2n) is 5.49. The van der Waals surface area contributed by atoms with Gasteiger partial charge in [-0.1, -0.05) is 31.9 Å². The van der Waals surface area contributed by atoms with Crippen molar-refractivity contribution in [1.82, 2.24) is 0 Å². The summed E-state index contributed by atoms with van der Waals surface area (Å²) in [6, 6.07) is 0. The Kier molecular flexibility index (Phi) is 3.44. The van der Waals surface area contributed by atoms with Crippen LogP contribution in [0.2, 0.25) is 0 Å². The highest BCUT2D eigenvalue weighted by atomic mass is 14.5. The van der Waals surface area contributed by atoms with E-state index in [0.29, 0.717) is 5.92 Å². The molecule has 2 N–H and O–H groups in total. The molecule has 0 fully saturated rings. The average molecular weight is 207 g/mol. The molecular formula is C14H25N. The maximum Gasteiger partial charge on any atom is -0.000720 e. The zero-order valence-corrected chi connectivity index (χ0v) is 11.1. The first-order valence-electron chi connectivity index (χ1n) is 5.92. The molecule has 15 heavy (non-hydrogen) atoms. The first-order valence-corrected chi connectivity index (χ1v) is 5.92. The topological polar surface area (TPSA) is 26.0 Å². The molecule has 1 atom stereocenters. The van der Waals surface area contributed by atoms with E-state index in [9.17, 15) is 0 Å². The second kappa shape index (κ2) is 4.13. The number of allylic oxidation sites excluding steroid dienone is 4. The van der Waals surface area contributed by atoms with Crippen LogP contribution in [-0.2, 0) is 0 Å². The van der Waals surface area contributed by atoms with Crippen LogP contribution in [0.3, 0.4) is 0 Å². The Bertz CT molecular complexity index is 318. The molecular weight excluding hydrogens is 182 g/mol. The zero-order chi connectivity index (χ0) is 11.8. The van der Waals surface area contributed by atoms with Gasteiger partial charge in [0.15, 0.2) is 0 Å². The highest BCUT2D eigenvalue weighted by molar-refractivity contribution is 5.48. The normalized spacial score (nSPS) is 23.0. The summed E-state index contributed by atoms with van der Waals surface area (Å²) >= 11 is 0. The van der Waals surface area contributed by atoms with E-state index in [2.05, 4.69) is 41.5 Å². The van der Waals surface area contributed by atoms with Gasteiger partial charge in [-0.3, -0.25) is 0 Å². The molecule has 0 heterocycles. The number of nitrogens with two attached hydrogens (primary N) is 1. The molecule has 0 aromatic rings. The van der Waals surface area contributed by atoms with Gasteiger partial charge in [0.1, 0.15) is 0 Å². The van der Waals surface area contributed by atoms with Crippen molar-refractivity contribution in [3.8, 4) is 0 Å². The molecule has 1 aliphatic rings. The van der Waals surface area contributed by atoms with Crippen molar-refractivity contribution in [3.63, 3.8) is 0 Å². The first-order chi connectivity index (χ1) is 6.83. The average Bonchev–Trinajstić information content (AvgIpc) is 2.31. The van der Waals surface area contributed by atoms with Gasteiger partial charge >= 0.3 is 0 Å². The van der Waals surface area contributed by atoms with Gasteiger partial charge in [0, 0.05) is 0 Å². The van der Waals surface area contributed by atoms with Crippen LogP contribution >= 0.6 is 0 Å². The van der Waals surface area contributed by atoms with Gasteiger partial charge in [-0.05, 0) is 56.2 Å². The summed E-state index contributed by atoms with van der Waals surface area (Å²) in [6.07, 6.45) is 1.07. The molecule has 0 aromatic carbocycles. The van der Waals surface area contributed by atoms with Crippen molar-refractivity contribution in [2.45, 2.75) is 48.0 Å². The minimum absolute atomic E-state index is 0.247. The van der Waals surface area contributed by atoms with E-state index >= 15 is 0 Å². The highest BCUT2D eigenvalue weighted by Crippen LogP contribution is 2.46. The van der Waals surface area contributed by atoms with E-state index in [1.807, 2.05) is 0 Å². The zero-order valence-electron chi connectivity index (χ0n) is 11.1. The maximum atomic E-state index is 5.71. The molecule has 0 saturated heterocycles. The predicted molar refractivity (Wildman–Crippen MR) is 67.7 cm³/mol. The molecule has 0 aromatic heterocycles. The minimum atomic E-state index is 0.247. The number of rotatable bonds is 3. The third kappa shape index (κ3) is 2.03. The van der Waals surface area contributed by atoms with Crippen LogP contribution in [-0.4, -0.2) is 6.54 Å². The summed E-state index contributed by atoms with van der Waals surface area (Å²) in [5, 5.41) is 0. The van der Waals surface area contributed by atoms with E-state index in [0.717, 1.165) is 13.0 Å². The van der Waals surface area contributed by atoms with E-state index in [1.54, 1.807) is 5.57 Å². The quantitative estimate of drug-likeness (QED) is 0.751. The highest BCUT2D eigenvalue weighted by Gasteiger charge is 2.33. The van der Waals surface area contributed by atoms with Crippen molar-refractivity contribution < 1.29 is 0 Å². The Hall–Kier alpha value is -0.560. The molecule has 0 radical (unpaired) electrons. The molecule has 0 saturated carbocycles. The van der Waals surface area contributed by atoms with Gasteiger partial charge in [-0.15, -0.1) is 0 Å². The van der Waals surface area contributed by atoms with E-state index in [1.165, 1.54) is 16.7 Å². The van der Waals surface area contributed by atoms with Gasteiger partial charge in [0.25, 0.3) is 0 Å². The molecule has 86 valence electrons. The van der Waals surface area contributed by atoms with Gasteiger partial charge in [0.05, 0.1) is 0 Å². The fraction of sp³-hybridized carbons (Fsp3) is 0.714. The van der Waals surface area contributed by atoms with Crippen molar-refractivity contribution >= 4 is 0 Å². The summed E-state index contributed by atoms with van der Waals surface area (Å²) in [5.41, 5.74) is 12.1. The maximum absolute atomic E-state index is 5.71. The monoisotopic (exact) mass is 207 g/mol. The molecule has 1 aliphatic carbocycles. The van der Waals surface area contributed by atoms with E-state index in [-0.39, 0.29) is 5.41 Å².